The Bertz CT molecular complexity index is 967. The Kier molecular flexibility index (Phi) is 6.75. The van der Waals surface area contributed by atoms with Gasteiger partial charge in [0.25, 0.3) is 5.91 Å². The Morgan fingerprint density at radius 2 is 1.90 bits per heavy atom. The van der Waals surface area contributed by atoms with Crippen LogP contribution < -0.4 is 0 Å². The van der Waals surface area contributed by atoms with Gasteiger partial charge in [0, 0.05) is 17.5 Å². The van der Waals surface area contributed by atoms with Gasteiger partial charge in [-0.15, -0.1) is 0 Å². The van der Waals surface area contributed by atoms with E-state index in [0.29, 0.717) is 24.0 Å². The molecule has 2 aromatic carbocycles. The molecule has 0 aliphatic carbocycles. The minimum absolute atomic E-state index is 0.0222. The molecule has 1 saturated heterocycles. The van der Waals surface area contributed by atoms with Crippen LogP contribution in [0.25, 0.3) is 0 Å². The van der Waals surface area contributed by atoms with Gasteiger partial charge in [0.1, 0.15) is 0 Å². The van der Waals surface area contributed by atoms with Crippen LogP contribution in [0.15, 0.2) is 53.6 Å². The highest BCUT2D eigenvalue weighted by Gasteiger charge is 2.35. The zero-order valence-electron chi connectivity index (χ0n) is 18.6. The van der Waals surface area contributed by atoms with Crippen LogP contribution in [0.5, 0.6) is 0 Å². The first-order chi connectivity index (χ1) is 14.9. The highest BCUT2D eigenvalue weighted by atomic mass is 35.5. The summed E-state index contributed by atoms with van der Waals surface area (Å²) in [7, 11) is 4.21. The Morgan fingerprint density at radius 1 is 1.16 bits per heavy atom. The topological polar surface area (TPSA) is 39.2 Å². The summed E-state index contributed by atoms with van der Waals surface area (Å²) in [5.74, 6) is 0.0222. The number of hydrogen-bond acceptors (Lipinski definition) is 4. The first-order valence-corrected chi connectivity index (χ1v) is 11.4. The molecule has 0 bridgehead atoms. The van der Waals surface area contributed by atoms with Crippen molar-refractivity contribution < 1.29 is 4.79 Å². The SMILES string of the molecule is Cc1cccc(C2=NN(C(=O)CN(C)C3CCN(C)CC3)C(c3ccccc3Cl)C2)c1. The normalized spacial score (nSPS) is 20.4. The lowest BCUT2D eigenvalue weighted by Crippen LogP contribution is -2.46. The number of nitrogens with zero attached hydrogens (tertiary/aromatic N) is 4. The van der Waals surface area contributed by atoms with Gasteiger partial charge in [0.05, 0.1) is 18.3 Å². The van der Waals surface area contributed by atoms with Gasteiger partial charge in [-0.25, -0.2) is 5.01 Å². The summed E-state index contributed by atoms with van der Waals surface area (Å²) in [5, 5.41) is 7.16. The van der Waals surface area contributed by atoms with Crippen molar-refractivity contribution in [2.75, 3.05) is 33.7 Å². The van der Waals surface area contributed by atoms with E-state index in [1.807, 2.05) is 30.3 Å². The molecule has 0 radical (unpaired) electrons. The summed E-state index contributed by atoms with van der Waals surface area (Å²) >= 11 is 6.53. The molecule has 1 amide bonds. The maximum atomic E-state index is 13.4. The van der Waals surface area contributed by atoms with E-state index in [1.165, 1.54) is 5.56 Å². The van der Waals surface area contributed by atoms with Crippen molar-refractivity contribution in [1.82, 2.24) is 14.8 Å². The predicted octanol–water partition coefficient (Wildman–Crippen LogP) is 4.35. The Morgan fingerprint density at radius 3 is 2.61 bits per heavy atom. The third-order valence-electron chi connectivity index (χ3n) is 6.48. The lowest BCUT2D eigenvalue weighted by atomic mass is 9.97. The standard InChI is InChI=1S/C25H31ClN4O/c1-18-7-6-8-19(15-18)23-16-24(21-9-4-5-10-22(21)26)30(27-23)25(31)17-29(3)20-11-13-28(2)14-12-20/h4-10,15,20,24H,11-14,16-17H2,1-3H3. The van der Waals surface area contributed by atoms with Crippen LogP contribution >= 0.6 is 11.6 Å². The van der Waals surface area contributed by atoms with Crippen LogP contribution in [0.2, 0.25) is 5.02 Å². The number of likely N-dealkylation sites (N-methyl/N-ethyl adjacent to an activating group) is 1. The number of benzene rings is 2. The first kappa shape index (κ1) is 22.0. The van der Waals surface area contributed by atoms with Gasteiger partial charge in [-0.2, -0.15) is 5.10 Å². The largest absolute Gasteiger partial charge is 0.306 e. The first-order valence-electron chi connectivity index (χ1n) is 11.0. The smallest absolute Gasteiger partial charge is 0.257 e. The van der Waals surface area contributed by atoms with Crippen molar-refractivity contribution in [2.24, 2.45) is 5.10 Å². The Hall–Kier alpha value is -2.21. The van der Waals surface area contributed by atoms with Crippen molar-refractivity contribution in [3.63, 3.8) is 0 Å². The van der Waals surface area contributed by atoms with Crippen LogP contribution in [0.4, 0.5) is 0 Å². The second kappa shape index (κ2) is 9.51. The third-order valence-corrected chi connectivity index (χ3v) is 6.82. The summed E-state index contributed by atoms with van der Waals surface area (Å²) < 4.78 is 0. The number of halogens is 1. The van der Waals surface area contributed by atoms with E-state index in [9.17, 15) is 4.79 Å². The maximum Gasteiger partial charge on any atom is 0.257 e. The van der Waals surface area contributed by atoms with Gasteiger partial charge < -0.3 is 4.90 Å². The van der Waals surface area contributed by atoms with Crippen LogP contribution in [0, 0.1) is 6.92 Å². The molecule has 164 valence electrons. The molecule has 1 unspecified atom stereocenters. The lowest BCUT2D eigenvalue weighted by molar-refractivity contribution is -0.134. The molecule has 2 aromatic rings. The number of hydrazone groups is 1. The molecule has 0 saturated carbocycles. The number of rotatable bonds is 5. The third kappa shape index (κ3) is 5.00. The van der Waals surface area contributed by atoms with Crippen LogP contribution in [0.1, 0.15) is 42.0 Å². The number of likely N-dealkylation sites (tertiary alicyclic amines) is 1. The molecule has 0 N–H and O–H groups in total. The molecule has 31 heavy (non-hydrogen) atoms. The van der Waals surface area contributed by atoms with E-state index >= 15 is 0 Å². The summed E-state index contributed by atoms with van der Waals surface area (Å²) in [4.78, 5) is 18.0. The fourth-order valence-electron chi connectivity index (χ4n) is 4.58. The molecular formula is C25H31ClN4O. The molecule has 2 aliphatic heterocycles. The molecule has 1 fully saturated rings. The molecule has 6 heteroatoms. The van der Waals surface area contributed by atoms with Crippen molar-refractivity contribution >= 4 is 23.2 Å². The highest BCUT2D eigenvalue weighted by molar-refractivity contribution is 6.31. The quantitative estimate of drug-likeness (QED) is 0.696. The highest BCUT2D eigenvalue weighted by Crippen LogP contribution is 2.36. The van der Waals surface area contributed by atoms with Crippen molar-refractivity contribution in [3.8, 4) is 0 Å². The fourth-order valence-corrected chi connectivity index (χ4v) is 4.84. The molecule has 5 nitrogen and oxygen atoms in total. The summed E-state index contributed by atoms with van der Waals surface area (Å²) in [6, 6.07) is 16.3. The van der Waals surface area contributed by atoms with E-state index in [-0.39, 0.29) is 11.9 Å². The number of amides is 1. The summed E-state index contributed by atoms with van der Waals surface area (Å²) in [6.45, 7) is 4.58. The Balaban J connectivity index is 1.57. The molecule has 2 heterocycles. The molecule has 1 atom stereocenters. The number of aryl methyl sites for hydroxylation is 1. The van der Waals surface area contributed by atoms with Crippen LogP contribution in [0.3, 0.4) is 0 Å². The average Bonchev–Trinajstić information content (AvgIpc) is 3.20. The minimum Gasteiger partial charge on any atom is -0.306 e. The van der Waals surface area contributed by atoms with Crippen molar-refractivity contribution in [2.45, 2.75) is 38.3 Å². The second-order valence-electron chi connectivity index (χ2n) is 8.85. The van der Waals surface area contributed by atoms with Gasteiger partial charge in [-0.3, -0.25) is 9.69 Å². The zero-order chi connectivity index (χ0) is 22.0. The number of piperidine rings is 1. The average molecular weight is 439 g/mol. The van der Waals surface area contributed by atoms with E-state index in [0.717, 1.165) is 42.8 Å². The Labute approximate surface area is 190 Å². The lowest BCUT2D eigenvalue weighted by Gasteiger charge is -2.35. The molecule has 0 aromatic heterocycles. The van der Waals surface area contributed by atoms with E-state index < -0.39 is 0 Å². The predicted molar refractivity (Wildman–Crippen MR) is 127 cm³/mol. The fraction of sp³-hybridized carbons (Fsp3) is 0.440. The minimum atomic E-state index is -0.178. The van der Waals surface area contributed by atoms with Gasteiger partial charge >= 0.3 is 0 Å². The molecule has 0 spiro atoms. The monoisotopic (exact) mass is 438 g/mol. The second-order valence-corrected chi connectivity index (χ2v) is 9.25. The van der Waals surface area contributed by atoms with Gasteiger partial charge in [0.2, 0.25) is 0 Å². The van der Waals surface area contributed by atoms with Crippen molar-refractivity contribution in [1.29, 1.82) is 0 Å². The molecular weight excluding hydrogens is 408 g/mol. The molecule has 2 aliphatic rings. The van der Waals surface area contributed by atoms with Crippen LogP contribution in [-0.4, -0.2) is 66.2 Å². The summed E-state index contributed by atoms with van der Waals surface area (Å²) in [6.07, 6.45) is 2.84. The van der Waals surface area contributed by atoms with Gasteiger partial charge in [-0.1, -0.05) is 59.6 Å². The van der Waals surface area contributed by atoms with Gasteiger partial charge in [0.15, 0.2) is 0 Å². The van der Waals surface area contributed by atoms with Crippen molar-refractivity contribution in [3.05, 3.63) is 70.2 Å². The molecule has 4 rings (SSSR count). The summed E-state index contributed by atoms with van der Waals surface area (Å²) in [5.41, 5.74) is 4.13. The van der Waals surface area contributed by atoms with E-state index in [1.54, 1.807) is 5.01 Å². The van der Waals surface area contributed by atoms with Gasteiger partial charge in [-0.05, 0) is 64.1 Å². The van der Waals surface area contributed by atoms with E-state index in [4.69, 9.17) is 16.7 Å². The zero-order valence-corrected chi connectivity index (χ0v) is 19.3. The number of carbonyl (C=O) groups excluding carboxylic acids is 1. The number of hydrogen-bond donors (Lipinski definition) is 0. The number of carbonyl (C=O) groups is 1. The maximum absolute atomic E-state index is 13.4. The van der Waals surface area contributed by atoms with Crippen LogP contribution in [-0.2, 0) is 4.79 Å². The van der Waals surface area contributed by atoms with E-state index in [2.05, 4.69) is 49.0 Å².